The Kier molecular flexibility index (Phi) is 7.43. The second-order valence-electron chi connectivity index (χ2n) is 6.66. The Bertz CT molecular complexity index is 1170. The third-order valence-corrected chi connectivity index (χ3v) is 4.38. The maximum Gasteiger partial charge on any atom is 0.196 e. The first kappa shape index (κ1) is 22.0. The van der Waals surface area contributed by atoms with E-state index in [1.165, 1.54) is 12.1 Å². The van der Waals surface area contributed by atoms with Gasteiger partial charge in [0.25, 0.3) is 0 Å². The van der Waals surface area contributed by atoms with Crippen LogP contribution in [0.2, 0.25) is 0 Å². The lowest BCUT2D eigenvalue weighted by Crippen LogP contribution is -2.26. The summed E-state index contributed by atoms with van der Waals surface area (Å²) in [7, 11) is 0. The zero-order chi connectivity index (χ0) is 21.6. The average molecular weight is 392 g/mol. The van der Waals surface area contributed by atoms with E-state index in [4.69, 9.17) is 9.15 Å². The molecule has 4 heteroatoms. The molecule has 0 atom stereocenters. The van der Waals surface area contributed by atoms with Crippen molar-refractivity contribution in [1.82, 2.24) is 0 Å². The molecule has 0 saturated carbocycles. The van der Waals surface area contributed by atoms with E-state index >= 15 is 0 Å². The number of phenolic OH excluding ortho intramolecular Hbond substituents is 1. The topological polar surface area (TPSA) is 59.7 Å². The Balaban J connectivity index is 0.00000145. The first-order chi connectivity index (χ1) is 13.9. The molecule has 0 aliphatic rings. The van der Waals surface area contributed by atoms with Gasteiger partial charge in [0.1, 0.15) is 34.8 Å². The molecule has 152 valence electrons. The standard InChI is InChI=1S/C23H22O4.C2H6/c1-5-16(18-9-7-6-8-15(18)4)13-26-17-10-19(24)23-20(25)12-21(14(2)3)27-22(23)11-17;1-2/h5-12,14,24H,1,4,13H2,2-3H3;1-2H3/b18-16+;. The third kappa shape index (κ3) is 4.96. The van der Waals surface area contributed by atoms with E-state index in [0.29, 0.717) is 17.1 Å². The van der Waals surface area contributed by atoms with Gasteiger partial charge < -0.3 is 14.3 Å². The largest absolute Gasteiger partial charge is 0.507 e. The normalized spacial score (nSPS) is 11.6. The van der Waals surface area contributed by atoms with Gasteiger partial charge in [-0.15, -0.1) is 0 Å². The van der Waals surface area contributed by atoms with Crippen molar-refractivity contribution in [2.45, 2.75) is 33.6 Å². The van der Waals surface area contributed by atoms with Crippen LogP contribution in [0.3, 0.4) is 0 Å². The van der Waals surface area contributed by atoms with Crippen LogP contribution >= 0.6 is 0 Å². The SMILES string of the molecule is C=C/C(COc1cc(O)c2c(=O)cc(C(C)C)oc2c1)=c1/ccccc1=C.CC. The number of hydrogen-bond acceptors (Lipinski definition) is 4. The maximum atomic E-state index is 12.3. The smallest absolute Gasteiger partial charge is 0.196 e. The van der Waals surface area contributed by atoms with E-state index < -0.39 is 0 Å². The average Bonchev–Trinajstić information content (AvgIpc) is 2.70. The molecule has 0 unspecified atom stereocenters. The van der Waals surface area contributed by atoms with Crippen molar-refractivity contribution in [2.24, 2.45) is 0 Å². The second-order valence-corrected chi connectivity index (χ2v) is 6.66. The number of hydrogen-bond donors (Lipinski definition) is 1. The number of aromatic hydroxyl groups is 1. The van der Waals surface area contributed by atoms with Gasteiger partial charge in [-0.05, 0) is 16.0 Å². The fraction of sp³-hybridized carbons (Fsp3) is 0.240. The molecule has 2 aromatic carbocycles. The van der Waals surface area contributed by atoms with Gasteiger partial charge in [-0.3, -0.25) is 4.79 Å². The molecule has 1 heterocycles. The minimum Gasteiger partial charge on any atom is -0.507 e. The Morgan fingerprint density at radius 1 is 1.21 bits per heavy atom. The Labute approximate surface area is 171 Å². The van der Waals surface area contributed by atoms with Crippen molar-refractivity contribution < 1.29 is 14.3 Å². The highest BCUT2D eigenvalue weighted by Crippen LogP contribution is 2.30. The number of fused-ring (bicyclic) bond motifs is 1. The highest BCUT2D eigenvalue weighted by Gasteiger charge is 2.13. The lowest BCUT2D eigenvalue weighted by atomic mass is 10.1. The van der Waals surface area contributed by atoms with E-state index in [9.17, 15) is 9.90 Å². The molecule has 0 fully saturated rings. The summed E-state index contributed by atoms with van der Waals surface area (Å²) in [5, 5.41) is 12.3. The molecule has 0 amide bonds. The van der Waals surface area contributed by atoms with Gasteiger partial charge in [-0.25, -0.2) is 0 Å². The van der Waals surface area contributed by atoms with Crippen molar-refractivity contribution in [3.05, 3.63) is 81.5 Å². The van der Waals surface area contributed by atoms with Gasteiger partial charge >= 0.3 is 0 Å². The van der Waals surface area contributed by atoms with Crippen LogP contribution in [-0.4, -0.2) is 11.7 Å². The summed E-state index contributed by atoms with van der Waals surface area (Å²) in [6.45, 7) is 16.0. The molecule has 0 aliphatic carbocycles. The summed E-state index contributed by atoms with van der Waals surface area (Å²) in [6, 6.07) is 12.2. The van der Waals surface area contributed by atoms with Gasteiger partial charge in [0.05, 0.1) is 0 Å². The number of rotatable bonds is 5. The molecule has 0 saturated heterocycles. The van der Waals surface area contributed by atoms with Crippen LogP contribution in [0, 0.1) is 0 Å². The molecule has 0 bridgehead atoms. The zero-order valence-electron chi connectivity index (χ0n) is 17.5. The van der Waals surface area contributed by atoms with Crippen LogP contribution in [0.1, 0.15) is 39.4 Å². The predicted molar refractivity (Wildman–Crippen MR) is 120 cm³/mol. The summed E-state index contributed by atoms with van der Waals surface area (Å²) in [6.07, 6.45) is 1.72. The molecule has 1 aromatic heterocycles. The van der Waals surface area contributed by atoms with Crippen molar-refractivity contribution >= 4 is 23.1 Å². The third-order valence-electron chi connectivity index (χ3n) is 4.38. The van der Waals surface area contributed by atoms with E-state index in [0.717, 1.165) is 16.0 Å². The molecule has 3 aromatic rings. The molecule has 0 spiro atoms. The first-order valence-electron chi connectivity index (χ1n) is 9.74. The molecular formula is C25H28O4. The van der Waals surface area contributed by atoms with Crippen LogP contribution in [0.4, 0.5) is 0 Å². The van der Waals surface area contributed by atoms with Crippen LogP contribution in [0.25, 0.3) is 23.1 Å². The molecule has 4 nitrogen and oxygen atoms in total. The van der Waals surface area contributed by atoms with Gasteiger partial charge in [0.2, 0.25) is 0 Å². The highest BCUT2D eigenvalue weighted by molar-refractivity contribution is 5.84. The molecular weight excluding hydrogens is 364 g/mol. The van der Waals surface area contributed by atoms with Crippen LogP contribution in [0.15, 0.2) is 64.3 Å². The van der Waals surface area contributed by atoms with Crippen LogP contribution in [0.5, 0.6) is 11.5 Å². The van der Waals surface area contributed by atoms with E-state index in [2.05, 4.69) is 13.2 Å². The van der Waals surface area contributed by atoms with Gasteiger partial charge in [-0.2, -0.15) is 0 Å². The second kappa shape index (κ2) is 9.78. The highest BCUT2D eigenvalue weighted by atomic mass is 16.5. The molecule has 29 heavy (non-hydrogen) atoms. The van der Waals surface area contributed by atoms with E-state index in [1.807, 2.05) is 52.0 Å². The number of benzene rings is 2. The van der Waals surface area contributed by atoms with Gasteiger partial charge in [0.15, 0.2) is 5.43 Å². The Morgan fingerprint density at radius 2 is 1.90 bits per heavy atom. The van der Waals surface area contributed by atoms with Crippen molar-refractivity contribution in [3.8, 4) is 11.5 Å². The molecule has 1 N–H and O–H groups in total. The zero-order valence-corrected chi connectivity index (χ0v) is 17.5. The van der Waals surface area contributed by atoms with E-state index in [-0.39, 0.29) is 29.1 Å². The maximum absolute atomic E-state index is 12.3. The fourth-order valence-electron chi connectivity index (χ4n) is 2.87. The minimum absolute atomic E-state index is 0.0584. The summed E-state index contributed by atoms with van der Waals surface area (Å²) >= 11 is 0. The quantitative estimate of drug-likeness (QED) is 0.696. The lowest BCUT2D eigenvalue weighted by Gasteiger charge is -2.11. The van der Waals surface area contributed by atoms with Crippen molar-refractivity contribution in [1.29, 1.82) is 0 Å². The fourth-order valence-corrected chi connectivity index (χ4v) is 2.87. The summed E-state index contributed by atoms with van der Waals surface area (Å²) in [5.41, 5.74) is 0.907. The van der Waals surface area contributed by atoms with Crippen LogP contribution in [-0.2, 0) is 0 Å². The summed E-state index contributed by atoms with van der Waals surface area (Å²) in [4.78, 5) is 12.3. The molecule has 0 aliphatic heterocycles. The summed E-state index contributed by atoms with van der Waals surface area (Å²) in [5.74, 6) is 0.866. The Hall–Kier alpha value is -3.27. The van der Waals surface area contributed by atoms with E-state index in [1.54, 1.807) is 12.1 Å². The molecule has 0 radical (unpaired) electrons. The Morgan fingerprint density at radius 3 is 2.52 bits per heavy atom. The minimum atomic E-state index is -0.270. The lowest BCUT2D eigenvalue weighted by molar-refractivity contribution is 0.365. The molecule has 3 rings (SSSR count). The van der Waals surface area contributed by atoms with Crippen molar-refractivity contribution in [3.63, 3.8) is 0 Å². The number of phenols is 1. The number of ether oxygens (including phenoxy) is 1. The first-order valence-corrected chi connectivity index (χ1v) is 9.74. The summed E-state index contributed by atoms with van der Waals surface area (Å²) < 4.78 is 11.6. The predicted octanol–water partition coefficient (Wildman–Crippen LogP) is 4.47. The van der Waals surface area contributed by atoms with Gasteiger partial charge in [0, 0.05) is 24.1 Å². The van der Waals surface area contributed by atoms with Gasteiger partial charge in [-0.1, -0.05) is 71.2 Å². The van der Waals surface area contributed by atoms with Crippen molar-refractivity contribution in [2.75, 3.05) is 6.61 Å². The monoisotopic (exact) mass is 392 g/mol. The van der Waals surface area contributed by atoms with Crippen LogP contribution < -0.4 is 20.6 Å².